The summed E-state index contributed by atoms with van der Waals surface area (Å²) in [6, 6.07) is 3.45. The predicted molar refractivity (Wildman–Crippen MR) is 118 cm³/mol. The number of ether oxygens (including phenoxy) is 2. The van der Waals surface area contributed by atoms with Gasteiger partial charge in [0.1, 0.15) is 0 Å². The highest BCUT2D eigenvalue weighted by atomic mass is 32.1. The van der Waals surface area contributed by atoms with Gasteiger partial charge in [-0.15, -0.1) is 0 Å². The molecule has 1 aliphatic rings. The number of fused-ring (bicyclic) bond motifs is 2. The lowest BCUT2D eigenvalue weighted by atomic mass is 10.2. The van der Waals surface area contributed by atoms with E-state index in [9.17, 15) is 9.59 Å². The van der Waals surface area contributed by atoms with E-state index in [0.717, 1.165) is 45.4 Å². The molecule has 8 nitrogen and oxygen atoms in total. The van der Waals surface area contributed by atoms with Crippen molar-refractivity contribution in [1.82, 2.24) is 14.9 Å². The lowest BCUT2D eigenvalue weighted by Crippen LogP contribution is -3.12. The van der Waals surface area contributed by atoms with Crippen LogP contribution in [0.15, 0.2) is 16.9 Å². The van der Waals surface area contributed by atoms with Crippen molar-refractivity contribution in [2.75, 3.05) is 33.0 Å². The summed E-state index contributed by atoms with van der Waals surface area (Å²) in [5.41, 5.74) is 0.511. The van der Waals surface area contributed by atoms with Gasteiger partial charge in [-0.05, 0) is 45.0 Å². The van der Waals surface area contributed by atoms with Crippen molar-refractivity contribution < 1.29 is 19.2 Å². The van der Waals surface area contributed by atoms with Crippen LogP contribution >= 0.6 is 12.2 Å². The van der Waals surface area contributed by atoms with E-state index < -0.39 is 0 Å². The Labute approximate surface area is 181 Å². The Bertz CT molecular complexity index is 997. The van der Waals surface area contributed by atoms with E-state index in [1.807, 2.05) is 0 Å². The first-order valence-corrected chi connectivity index (χ1v) is 11.1. The van der Waals surface area contributed by atoms with Crippen LogP contribution in [0, 0.1) is 4.77 Å². The average Bonchev–Trinajstić information content (AvgIpc) is 3.19. The molecule has 1 aromatic heterocycles. The Balaban J connectivity index is 1.47. The minimum Gasteiger partial charge on any atom is -0.454 e. The van der Waals surface area contributed by atoms with E-state index in [1.165, 1.54) is 4.90 Å². The van der Waals surface area contributed by atoms with Crippen molar-refractivity contribution in [2.24, 2.45) is 0 Å². The topological polar surface area (TPSA) is 89.8 Å². The summed E-state index contributed by atoms with van der Waals surface area (Å²) in [6.07, 6.45) is 2.94. The fourth-order valence-electron chi connectivity index (χ4n) is 3.65. The largest absolute Gasteiger partial charge is 0.454 e. The monoisotopic (exact) mass is 435 g/mol. The third kappa shape index (κ3) is 5.40. The van der Waals surface area contributed by atoms with Gasteiger partial charge < -0.3 is 24.7 Å². The molecule has 0 aliphatic carbocycles. The van der Waals surface area contributed by atoms with Gasteiger partial charge in [-0.1, -0.05) is 6.42 Å². The zero-order valence-corrected chi connectivity index (χ0v) is 18.5. The second-order valence-corrected chi connectivity index (χ2v) is 7.89. The molecule has 2 heterocycles. The second-order valence-electron chi connectivity index (χ2n) is 7.51. The number of rotatable bonds is 11. The molecule has 0 spiro atoms. The second kappa shape index (κ2) is 10.6. The molecule has 0 unspecified atom stereocenters. The fraction of sp³-hybridized carbons (Fsp3) is 0.571. The van der Waals surface area contributed by atoms with Crippen LogP contribution in [0.1, 0.15) is 39.5 Å². The number of aromatic amines is 1. The maximum atomic E-state index is 12.9. The van der Waals surface area contributed by atoms with Crippen LogP contribution in [0.3, 0.4) is 0 Å². The third-order valence-corrected chi connectivity index (χ3v) is 5.88. The number of unbranched alkanes of at least 4 members (excludes halogenated alkanes) is 2. The molecule has 1 aromatic carbocycles. The first-order chi connectivity index (χ1) is 14.5. The summed E-state index contributed by atoms with van der Waals surface area (Å²) in [7, 11) is 0. The van der Waals surface area contributed by atoms with E-state index in [-0.39, 0.29) is 18.3 Å². The highest BCUT2D eigenvalue weighted by molar-refractivity contribution is 7.71. The predicted octanol–water partition coefficient (Wildman–Crippen LogP) is 1.39. The zero-order chi connectivity index (χ0) is 21.5. The number of hydrogen-bond donors (Lipinski definition) is 3. The summed E-state index contributed by atoms with van der Waals surface area (Å²) in [5.74, 6) is 1.28. The van der Waals surface area contributed by atoms with Gasteiger partial charge in [-0.3, -0.25) is 14.2 Å². The molecule has 0 fully saturated rings. The summed E-state index contributed by atoms with van der Waals surface area (Å²) in [6.45, 7) is 8.82. The van der Waals surface area contributed by atoms with Crippen molar-refractivity contribution in [3.8, 4) is 11.5 Å². The van der Waals surface area contributed by atoms with Gasteiger partial charge in [0.2, 0.25) is 12.7 Å². The first-order valence-electron chi connectivity index (χ1n) is 10.7. The Morgan fingerprint density at radius 3 is 2.67 bits per heavy atom. The molecule has 0 atom stereocenters. The molecule has 3 rings (SSSR count). The maximum absolute atomic E-state index is 12.9. The number of nitrogens with one attached hydrogen (secondary N) is 3. The fourth-order valence-corrected chi connectivity index (χ4v) is 3.93. The quantitative estimate of drug-likeness (QED) is 0.367. The molecule has 164 valence electrons. The zero-order valence-electron chi connectivity index (χ0n) is 17.7. The molecule has 0 bridgehead atoms. The van der Waals surface area contributed by atoms with Gasteiger partial charge in [-0.25, -0.2) is 0 Å². The van der Waals surface area contributed by atoms with Crippen LogP contribution in [0.4, 0.5) is 0 Å². The third-order valence-electron chi connectivity index (χ3n) is 5.56. The smallest absolute Gasteiger partial charge is 0.262 e. The van der Waals surface area contributed by atoms with Crippen molar-refractivity contribution in [2.45, 2.75) is 46.1 Å². The minimum atomic E-state index is -0.135. The molecular formula is C21H31N4O4S+. The maximum Gasteiger partial charge on any atom is 0.262 e. The molecule has 2 aromatic rings. The van der Waals surface area contributed by atoms with E-state index >= 15 is 0 Å². The molecule has 0 radical (unpaired) electrons. The Morgan fingerprint density at radius 1 is 1.20 bits per heavy atom. The van der Waals surface area contributed by atoms with Gasteiger partial charge >= 0.3 is 0 Å². The number of hydrogen-bond acceptors (Lipinski definition) is 5. The minimum absolute atomic E-state index is 0.0952. The van der Waals surface area contributed by atoms with Gasteiger partial charge in [0.15, 0.2) is 16.3 Å². The molecule has 9 heteroatoms. The van der Waals surface area contributed by atoms with Crippen LogP contribution in [0.25, 0.3) is 10.9 Å². The number of aromatic nitrogens is 2. The lowest BCUT2D eigenvalue weighted by molar-refractivity contribution is -0.895. The van der Waals surface area contributed by atoms with Gasteiger partial charge in [-0.2, -0.15) is 0 Å². The average molecular weight is 436 g/mol. The van der Waals surface area contributed by atoms with Crippen LogP contribution in [-0.4, -0.2) is 48.4 Å². The normalized spacial score (nSPS) is 12.6. The number of nitrogens with zero attached hydrogens (tertiary/aromatic N) is 1. The van der Waals surface area contributed by atoms with Gasteiger partial charge in [0, 0.05) is 19.0 Å². The standard InChI is InChI=1S/C21H30N4O4S/c1-3-24(4-2)11-9-22-19(26)8-6-5-7-10-25-20(27)15-12-17-18(29-14-28-17)13-16(15)23-21(25)30/h12-13H,3-11,14H2,1-2H3,(H,22,26)(H,23,30)/p+1. The Kier molecular flexibility index (Phi) is 7.87. The molecule has 3 N–H and O–H groups in total. The number of carbonyl (C=O) groups excluding carboxylic acids is 1. The molecular weight excluding hydrogens is 404 g/mol. The number of benzene rings is 1. The molecule has 0 saturated heterocycles. The Morgan fingerprint density at radius 2 is 1.93 bits per heavy atom. The van der Waals surface area contributed by atoms with Crippen molar-refractivity contribution >= 4 is 29.0 Å². The van der Waals surface area contributed by atoms with Crippen molar-refractivity contribution in [1.29, 1.82) is 0 Å². The lowest BCUT2D eigenvalue weighted by Gasteiger charge is -2.15. The highest BCUT2D eigenvalue weighted by Crippen LogP contribution is 2.34. The number of amides is 1. The summed E-state index contributed by atoms with van der Waals surface area (Å²) in [4.78, 5) is 29.4. The first kappa shape index (κ1) is 22.3. The SMILES string of the molecule is CC[NH+](CC)CCNC(=O)CCCCCn1c(=S)[nH]c2cc3c(cc2c1=O)OCO3. The summed E-state index contributed by atoms with van der Waals surface area (Å²) < 4.78 is 12.7. The van der Waals surface area contributed by atoms with Crippen molar-refractivity contribution in [3.63, 3.8) is 0 Å². The van der Waals surface area contributed by atoms with E-state index in [2.05, 4.69) is 24.1 Å². The number of quaternary nitrogens is 1. The van der Waals surface area contributed by atoms with E-state index in [4.69, 9.17) is 21.7 Å². The Hall–Kier alpha value is -2.39. The molecule has 1 aliphatic heterocycles. The molecule has 1 amide bonds. The number of likely N-dealkylation sites (N-methyl/N-ethyl adjacent to an activating group) is 1. The van der Waals surface area contributed by atoms with Gasteiger partial charge in [0.25, 0.3) is 5.56 Å². The van der Waals surface area contributed by atoms with Crippen molar-refractivity contribution in [3.05, 3.63) is 27.3 Å². The summed E-state index contributed by atoms with van der Waals surface area (Å²) in [5, 5.41) is 3.52. The van der Waals surface area contributed by atoms with Crippen LogP contribution in [-0.2, 0) is 11.3 Å². The highest BCUT2D eigenvalue weighted by Gasteiger charge is 2.17. The van der Waals surface area contributed by atoms with E-state index in [1.54, 1.807) is 16.7 Å². The number of carbonyl (C=O) groups is 1. The molecule has 30 heavy (non-hydrogen) atoms. The summed E-state index contributed by atoms with van der Waals surface area (Å²) >= 11 is 5.37. The van der Waals surface area contributed by atoms with E-state index in [0.29, 0.717) is 40.1 Å². The van der Waals surface area contributed by atoms with Crippen LogP contribution in [0.2, 0.25) is 0 Å². The van der Waals surface area contributed by atoms with Crippen LogP contribution < -0.4 is 25.2 Å². The molecule has 0 saturated carbocycles. The van der Waals surface area contributed by atoms with Gasteiger partial charge in [0.05, 0.1) is 37.1 Å². The van der Waals surface area contributed by atoms with Crippen LogP contribution in [0.5, 0.6) is 11.5 Å². The number of H-pyrrole nitrogens is 1.